The van der Waals surface area contributed by atoms with Gasteiger partial charge in [-0.05, 0) is 19.1 Å². The summed E-state index contributed by atoms with van der Waals surface area (Å²) in [6.45, 7) is 2.21. The van der Waals surface area contributed by atoms with Crippen LogP contribution in [0, 0.1) is 17.0 Å². The van der Waals surface area contributed by atoms with E-state index in [9.17, 15) is 10.1 Å². The Bertz CT molecular complexity index is 647. The molecule has 0 aliphatic carbocycles. The molecule has 110 valence electrons. The van der Waals surface area contributed by atoms with Crippen LogP contribution in [0.3, 0.4) is 0 Å². The van der Waals surface area contributed by atoms with Gasteiger partial charge in [-0.2, -0.15) is 0 Å². The molecule has 1 aromatic heterocycles. The first kappa shape index (κ1) is 15.3. The smallest absolute Gasteiger partial charge is 0.272 e. The first-order valence-corrected chi connectivity index (χ1v) is 7.03. The maximum Gasteiger partial charge on any atom is 0.272 e. The molecule has 0 atom stereocenters. The number of hydrogen-bond donors (Lipinski definition) is 0. The van der Waals surface area contributed by atoms with Crippen LogP contribution in [-0.2, 0) is 12.3 Å². The zero-order valence-corrected chi connectivity index (χ0v) is 12.3. The van der Waals surface area contributed by atoms with E-state index in [0.29, 0.717) is 30.0 Å². The van der Waals surface area contributed by atoms with E-state index < -0.39 is 0 Å². The number of aromatic nitrogens is 1. The highest BCUT2D eigenvalue weighted by atomic mass is 35.5. The van der Waals surface area contributed by atoms with Crippen molar-refractivity contribution >= 4 is 17.3 Å². The van der Waals surface area contributed by atoms with Gasteiger partial charge in [0.05, 0.1) is 23.1 Å². The van der Waals surface area contributed by atoms with Crippen molar-refractivity contribution in [3.63, 3.8) is 0 Å². The molecule has 0 amide bonds. The van der Waals surface area contributed by atoms with E-state index in [1.54, 1.807) is 18.2 Å². The first-order chi connectivity index (χ1) is 10.1. The van der Waals surface area contributed by atoms with Crippen LogP contribution >= 0.6 is 11.6 Å². The van der Waals surface area contributed by atoms with Gasteiger partial charge >= 0.3 is 0 Å². The average Bonchev–Trinajstić information content (AvgIpc) is 2.49. The molecule has 0 bridgehead atoms. The Morgan fingerprint density at radius 1 is 1.29 bits per heavy atom. The summed E-state index contributed by atoms with van der Waals surface area (Å²) >= 11 is 5.83. The van der Waals surface area contributed by atoms with Crippen LogP contribution in [0.25, 0.3) is 0 Å². The van der Waals surface area contributed by atoms with Gasteiger partial charge in [-0.25, -0.2) is 0 Å². The van der Waals surface area contributed by atoms with Crippen LogP contribution in [0.5, 0.6) is 5.75 Å². The first-order valence-electron chi connectivity index (χ1n) is 6.49. The second-order valence-corrected chi connectivity index (χ2v) is 4.78. The van der Waals surface area contributed by atoms with Crippen molar-refractivity contribution in [2.75, 3.05) is 6.61 Å². The average molecular weight is 307 g/mol. The van der Waals surface area contributed by atoms with E-state index in [2.05, 4.69) is 4.98 Å². The third-order valence-electron chi connectivity index (χ3n) is 3.02. The van der Waals surface area contributed by atoms with Gasteiger partial charge in [0.2, 0.25) is 0 Å². The van der Waals surface area contributed by atoms with Gasteiger partial charge < -0.3 is 4.74 Å². The van der Waals surface area contributed by atoms with Crippen LogP contribution in [0.4, 0.5) is 5.69 Å². The molecule has 0 saturated carbocycles. The fraction of sp³-hybridized carbons (Fsp3) is 0.267. The second-order valence-electron chi connectivity index (χ2n) is 4.52. The Hall–Kier alpha value is -2.14. The molecule has 1 aromatic carbocycles. The Kier molecular flexibility index (Phi) is 5.11. The predicted octanol–water partition coefficient (Wildman–Crippen LogP) is 3.66. The number of nitro benzene ring substituents is 1. The monoisotopic (exact) mass is 306 g/mol. The summed E-state index contributed by atoms with van der Waals surface area (Å²) in [5.74, 6) is 0.886. The van der Waals surface area contributed by atoms with Gasteiger partial charge in [0.1, 0.15) is 5.75 Å². The molecule has 0 radical (unpaired) electrons. The van der Waals surface area contributed by atoms with Crippen LogP contribution in [-0.4, -0.2) is 16.5 Å². The number of ether oxygens (including phenoxy) is 1. The Morgan fingerprint density at radius 3 is 2.76 bits per heavy atom. The topological polar surface area (TPSA) is 65.3 Å². The number of benzene rings is 1. The Morgan fingerprint density at radius 2 is 2.05 bits per heavy atom. The van der Waals surface area contributed by atoms with Crippen molar-refractivity contribution in [2.45, 2.75) is 19.2 Å². The summed E-state index contributed by atoms with van der Waals surface area (Å²) in [6.07, 6.45) is 0.451. The van der Waals surface area contributed by atoms with Gasteiger partial charge in [0.15, 0.2) is 0 Å². The number of para-hydroxylation sites is 1. The zero-order valence-electron chi connectivity index (χ0n) is 11.6. The summed E-state index contributed by atoms with van der Waals surface area (Å²) in [5.41, 5.74) is 2.31. The summed E-state index contributed by atoms with van der Waals surface area (Å²) < 4.78 is 5.65. The third kappa shape index (κ3) is 3.92. The standard InChI is InChI=1S/C15H15ClN2O3/c1-11-6-7-15(13(10-16)17-11)21-9-8-12-4-2-3-5-14(12)18(19)20/h2-7H,8-10H2,1H3. The van der Waals surface area contributed by atoms with Crippen molar-refractivity contribution in [3.8, 4) is 5.75 Å². The summed E-state index contributed by atoms with van der Waals surface area (Å²) in [7, 11) is 0. The van der Waals surface area contributed by atoms with Gasteiger partial charge in [-0.3, -0.25) is 15.1 Å². The van der Waals surface area contributed by atoms with Crippen LogP contribution in [0.1, 0.15) is 17.0 Å². The number of rotatable bonds is 6. The lowest BCUT2D eigenvalue weighted by Gasteiger charge is -2.10. The lowest BCUT2D eigenvalue weighted by molar-refractivity contribution is -0.385. The molecule has 0 aliphatic heterocycles. The summed E-state index contributed by atoms with van der Waals surface area (Å²) in [6, 6.07) is 10.3. The van der Waals surface area contributed by atoms with Gasteiger partial charge in [-0.1, -0.05) is 18.2 Å². The lowest BCUT2D eigenvalue weighted by Crippen LogP contribution is -2.06. The minimum absolute atomic E-state index is 0.112. The second kappa shape index (κ2) is 7.04. The third-order valence-corrected chi connectivity index (χ3v) is 3.27. The number of nitro groups is 1. The molecule has 1 heterocycles. The highest BCUT2D eigenvalue weighted by molar-refractivity contribution is 6.17. The number of pyridine rings is 1. The molecule has 2 rings (SSSR count). The number of hydrogen-bond acceptors (Lipinski definition) is 4. The SMILES string of the molecule is Cc1ccc(OCCc2ccccc2[N+](=O)[O-])c(CCl)n1. The normalized spacial score (nSPS) is 10.4. The largest absolute Gasteiger partial charge is 0.491 e. The van der Waals surface area contributed by atoms with Crippen LogP contribution in [0.15, 0.2) is 36.4 Å². The quantitative estimate of drug-likeness (QED) is 0.464. The molecule has 0 fully saturated rings. The van der Waals surface area contributed by atoms with E-state index in [-0.39, 0.29) is 16.5 Å². The molecule has 0 spiro atoms. The minimum Gasteiger partial charge on any atom is -0.491 e. The molecule has 6 heteroatoms. The van der Waals surface area contributed by atoms with Crippen molar-refractivity contribution in [3.05, 3.63) is 63.5 Å². The van der Waals surface area contributed by atoms with Crippen molar-refractivity contribution < 1.29 is 9.66 Å². The zero-order chi connectivity index (χ0) is 15.2. The summed E-state index contributed by atoms with van der Waals surface area (Å²) in [5, 5.41) is 10.9. The molecular weight excluding hydrogens is 292 g/mol. The van der Waals surface area contributed by atoms with Crippen LogP contribution < -0.4 is 4.74 Å². The molecule has 21 heavy (non-hydrogen) atoms. The molecular formula is C15H15ClN2O3. The van der Waals surface area contributed by atoms with Gasteiger partial charge in [-0.15, -0.1) is 11.6 Å². The van der Waals surface area contributed by atoms with E-state index in [1.165, 1.54) is 6.07 Å². The predicted molar refractivity (Wildman–Crippen MR) is 80.8 cm³/mol. The van der Waals surface area contributed by atoms with Crippen LogP contribution in [0.2, 0.25) is 0 Å². The van der Waals surface area contributed by atoms with E-state index in [1.807, 2.05) is 19.1 Å². The number of nitrogens with zero attached hydrogens (tertiary/aromatic N) is 2. The number of aryl methyl sites for hydroxylation is 1. The highest BCUT2D eigenvalue weighted by Gasteiger charge is 2.12. The van der Waals surface area contributed by atoms with E-state index in [4.69, 9.17) is 16.3 Å². The Balaban J connectivity index is 2.04. The van der Waals surface area contributed by atoms with Crippen molar-refractivity contribution in [2.24, 2.45) is 0 Å². The van der Waals surface area contributed by atoms with Crippen molar-refractivity contribution in [1.82, 2.24) is 4.98 Å². The molecule has 0 aliphatic rings. The van der Waals surface area contributed by atoms with Gasteiger partial charge in [0, 0.05) is 23.7 Å². The fourth-order valence-electron chi connectivity index (χ4n) is 2.00. The molecule has 0 unspecified atom stereocenters. The maximum atomic E-state index is 10.9. The summed E-state index contributed by atoms with van der Waals surface area (Å²) in [4.78, 5) is 14.8. The molecule has 0 N–H and O–H groups in total. The maximum absolute atomic E-state index is 10.9. The highest BCUT2D eigenvalue weighted by Crippen LogP contribution is 2.21. The molecule has 2 aromatic rings. The van der Waals surface area contributed by atoms with Gasteiger partial charge in [0.25, 0.3) is 5.69 Å². The lowest BCUT2D eigenvalue weighted by atomic mass is 10.1. The molecule has 0 saturated heterocycles. The number of alkyl halides is 1. The molecule has 5 nitrogen and oxygen atoms in total. The van der Waals surface area contributed by atoms with E-state index in [0.717, 1.165) is 5.69 Å². The fourth-order valence-corrected chi connectivity index (χ4v) is 2.19. The Labute approximate surface area is 127 Å². The van der Waals surface area contributed by atoms with E-state index >= 15 is 0 Å². The van der Waals surface area contributed by atoms with Crippen molar-refractivity contribution in [1.29, 1.82) is 0 Å². The minimum atomic E-state index is -0.382. The number of halogens is 1.